The van der Waals surface area contributed by atoms with Gasteiger partial charge >= 0.3 is 5.76 Å². The third kappa shape index (κ3) is 1.50. The zero-order chi connectivity index (χ0) is 10.1. The number of aromatic amines is 1. The number of rotatable bonds is 1. The Morgan fingerprint density at radius 1 is 1.50 bits per heavy atom. The van der Waals surface area contributed by atoms with Crippen LogP contribution in [-0.4, -0.2) is 10.1 Å². The molecule has 0 radical (unpaired) electrons. The molecule has 2 aromatic rings. The number of nitrogens with zero attached hydrogens (tertiary/aromatic N) is 1. The van der Waals surface area contributed by atoms with Crippen molar-refractivity contribution in [3.05, 3.63) is 38.8 Å². The van der Waals surface area contributed by atoms with Gasteiger partial charge in [-0.1, -0.05) is 33.2 Å². The lowest BCUT2D eigenvalue weighted by Gasteiger charge is -2.02. The monoisotopic (exact) mass is 254 g/mol. The molecule has 0 atom stereocenters. The van der Waals surface area contributed by atoms with E-state index in [-0.39, 0.29) is 0 Å². The summed E-state index contributed by atoms with van der Waals surface area (Å²) in [6.45, 7) is 1.94. The number of hydrogen-bond acceptors (Lipinski definition) is 3. The van der Waals surface area contributed by atoms with Crippen LogP contribution in [0.3, 0.4) is 0 Å². The van der Waals surface area contributed by atoms with Gasteiger partial charge in [-0.2, -0.15) is 0 Å². The summed E-state index contributed by atoms with van der Waals surface area (Å²) in [4.78, 5) is 13.3. The molecule has 0 aliphatic carbocycles. The first-order chi connectivity index (χ1) is 6.68. The van der Waals surface area contributed by atoms with Gasteiger partial charge in [0.15, 0.2) is 5.82 Å². The number of H-pyrrole nitrogens is 1. The molecule has 0 unspecified atom stereocenters. The van der Waals surface area contributed by atoms with E-state index in [0.29, 0.717) is 5.82 Å². The van der Waals surface area contributed by atoms with Gasteiger partial charge in [0, 0.05) is 10.0 Å². The Morgan fingerprint density at radius 2 is 2.29 bits per heavy atom. The van der Waals surface area contributed by atoms with Crippen molar-refractivity contribution in [1.29, 1.82) is 0 Å². The van der Waals surface area contributed by atoms with Crippen LogP contribution in [0.25, 0.3) is 11.4 Å². The maximum Gasteiger partial charge on any atom is 0.439 e. The fourth-order valence-corrected chi connectivity index (χ4v) is 1.58. The summed E-state index contributed by atoms with van der Waals surface area (Å²) in [7, 11) is 0. The lowest BCUT2D eigenvalue weighted by atomic mass is 10.1. The van der Waals surface area contributed by atoms with E-state index in [1.54, 1.807) is 0 Å². The molecule has 14 heavy (non-hydrogen) atoms. The summed E-state index contributed by atoms with van der Waals surface area (Å²) in [5, 5.41) is 3.62. The molecule has 4 nitrogen and oxygen atoms in total. The van der Waals surface area contributed by atoms with E-state index in [0.717, 1.165) is 15.6 Å². The highest BCUT2D eigenvalue weighted by Gasteiger charge is 2.08. The van der Waals surface area contributed by atoms with Gasteiger partial charge < -0.3 is 0 Å². The SMILES string of the molecule is Cc1c(Br)cccc1-c1noc(=O)[nH]1. The van der Waals surface area contributed by atoms with Crippen LogP contribution in [0.15, 0.2) is 32.0 Å². The van der Waals surface area contributed by atoms with Crippen molar-refractivity contribution < 1.29 is 4.52 Å². The smallest absolute Gasteiger partial charge is 0.296 e. The fraction of sp³-hybridized carbons (Fsp3) is 0.111. The molecule has 72 valence electrons. The first-order valence-electron chi connectivity index (χ1n) is 4.00. The molecule has 0 spiro atoms. The molecule has 0 aliphatic rings. The standard InChI is InChI=1S/C9H7BrN2O2/c1-5-6(3-2-4-7(5)10)8-11-9(13)14-12-8/h2-4H,1H3,(H,11,12,13). The summed E-state index contributed by atoms with van der Waals surface area (Å²) in [5.74, 6) is -0.0897. The minimum absolute atomic E-state index is 0.453. The maximum absolute atomic E-state index is 10.8. The van der Waals surface area contributed by atoms with Crippen LogP contribution in [0.5, 0.6) is 0 Å². The van der Waals surface area contributed by atoms with E-state index in [1.807, 2.05) is 25.1 Å². The molecule has 0 bridgehead atoms. The lowest BCUT2D eigenvalue weighted by molar-refractivity contribution is 0.388. The number of hydrogen-bond donors (Lipinski definition) is 1. The van der Waals surface area contributed by atoms with E-state index < -0.39 is 5.76 Å². The summed E-state index contributed by atoms with van der Waals surface area (Å²) < 4.78 is 5.41. The van der Waals surface area contributed by atoms with Gasteiger partial charge in [-0.3, -0.25) is 9.51 Å². The van der Waals surface area contributed by atoms with Crippen molar-refractivity contribution in [3.63, 3.8) is 0 Å². The zero-order valence-electron chi connectivity index (χ0n) is 7.37. The summed E-state index contributed by atoms with van der Waals surface area (Å²) >= 11 is 3.40. The average Bonchev–Trinajstić information content (AvgIpc) is 2.57. The summed E-state index contributed by atoms with van der Waals surface area (Å²) in [5.41, 5.74) is 1.86. The molecule has 1 aromatic heterocycles. The first-order valence-corrected chi connectivity index (χ1v) is 4.79. The molecule has 2 rings (SSSR count). The molecule has 1 N–H and O–H groups in total. The fourth-order valence-electron chi connectivity index (χ4n) is 1.21. The lowest BCUT2D eigenvalue weighted by Crippen LogP contribution is -1.95. The van der Waals surface area contributed by atoms with Crippen molar-refractivity contribution in [1.82, 2.24) is 10.1 Å². The molecule has 1 heterocycles. The number of benzene rings is 1. The van der Waals surface area contributed by atoms with Crippen LogP contribution >= 0.6 is 15.9 Å². The van der Waals surface area contributed by atoms with Crippen LogP contribution in [0.1, 0.15) is 5.56 Å². The third-order valence-electron chi connectivity index (χ3n) is 1.96. The second-order valence-corrected chi connectivity index (χ2v) is 3.71. The predicted octanol–water partition coefficient (Wildman–Crippen LogP) is 2.10. The minimum atomic E-state index is -0.542. The van der Waals surface area contributed by atoms with Crippen LogP contribution in [0, 0.1) is 6.92 Å². The molecule has 5 heteroatoms. The van der Waals surface area contributed by atoms with Crippen molar-refractivity contribution >= 4 is 15.9 Å². The molecule has 1 aromatic carbocycles. The maximum atomic E-state index is 10.8. The Labute approximate surface area is 88.1 Å². The highest BCUT2D eigenvalue weighted by atomic mass is 79.9. The van der Waals surface area contributed by atoms with Gasteiger partial charge in [-0.05, 0) is 18.6 Å². The second-order valence-electron chi connectivity index (χ2n) is 2.86. The molecular weight excluding hydrogens is 248 g/mol. The van der Waals surface area contributed by atoms with Crippen molar-refractivity contribution in [3.8, 4) is 11.4 Å². The molecular formula is C9H7BrN2O2. The van der Waals surface area contributed by atoms with E-state index in [1.165, 1.54) is 0 Å². The molecule has 0 aliphatic heterocycles. The largest absolute Gasteiger partial charge is 0.439 e. The van der Waals surface area contributed by atoms with Gasteiger partial charge in [-0.25, -0.2) is 4.79 Å². The van der Waals surface area contributed by atoms with Gasteiger partial charge in [0.2, 0.25) is 0 Å². The normalized spacial score (nSPS) is 10.4. The highest BCUT2D eigenvalue weighted by molar-refractivity contribution is 9.10. The van der Waals surface area contributed by atoms with E-state index >= 15 is 0 Å². The number of nitrogens with one attached hydrogen (secondary N) is 1. The van der Waals surface area contributed by atoms with Gasteiger partial charge in [0.25, 0.3) is 0 Å². The van der Waals surface area contributed by atoms with E-state index in [4.69, 9.17) is 0 Å². The molecule has 0 saturated heterocycles. The Bertz CT molecular complexity index is 516. The van der Waals surface area contributed by atoms with Crippen molar-refractivity contribution in [2.45, 2.75) is 6.92 Å². The van der Waals surface area contributed by atoms with Crippen LogP contribution in [-0.2, 0) is 0 Å². The first kappa shape index (κ1) is 9.21. The molecule has 0 amide bonds. The summed E-state index contributed by atoms with van der Waals surface area (Å²) in [6, 6.07) is 5.67. The molecule has 0 fully saturated rings. The Kier molecular flexibility index (Phi) is 2.25. The Balaban J connectivity index is 2.62. The van der Waals surface area contributed by atoms with Crippen LogP contribution in [0.4, 0.5) is 0 Å². The quantitative estimate of drug-likeness (QED) is 0.848. The van der Waals surface area contributed by atoms with Crippen LogP contribution in [0.2, 0.25) is 0 Å². The highest BCUT2D eigenvalue weighted by Crippen LogP contribution is 2.25. The van der Waals surface area contributed by atoms with Gasteiger partial charge in [-0.15, -0.1) is 0 Å². The van der Waals surface area contributed by atoms with E-state index in [2.05, 4.69) is 30.6 Å². The Hall–Kier alpha value is -1.36. The van der Waals surface area contributed by atoms with E-state index in [9.17, 15) is 4.79 Å². The predicted molar refractivity (Wildman–Crippen MR) is 55.0 cm³/mol. The third-order valence-corrected chi connectivity index (χ3v) is 2.82. The summed E-state index contributed by atoms with van der Waals surface area (Å²) in [6.07, 6.45) is 0. The number of aromatic nitrogens is 2. The van der Waals surface area contributed by atoms with Crippen molar-refractivity contribution in [2.75, 3.05) is 0 Å². The second kappa shape index (κ2) is 3.42. The number of halogens is 1. The minimum Gasteiger partial charge on any atom is -0.296 e. The topological polar surface area (TPSA) is 58.9 Å². The van der Waals surface area contributed by atoms with Crippen LogP contribution < -0.4 is 5.76 Å². The zero-order valence-corrected chi connectivity index (χ0v) is 8.96. The van der Waals surface area contributed by atoms with Crippen molar-refractivity contribution in [2.24, 2.45) is 0 Å². The molecule has 0 saturated carbocycles. The van der Waals surface area contributed by atoms with Gasteiger partial charge in [0.05, 0.1) is 0 Å². The average molecular weight is 255 g/mol. The van der Waals surface area contributed by atoms with Gasteiger partial charge in [0.1, 0.15) is 0 Å². The Morgan fingerprint density at radius 3 is 2.93 bits per heavy atom.